The number of carbonyl (C=O) groups is 1. The summed E-state index contributed by atoms with van der Waals surface area (Å²) in [6.45, 7) is 6.61. The van der Waals surface area contributed by atoms with Gasteiger partial charge in [0.05, 0.1) is 25.4 Å². The number of imidazole rings is 1. The summed E-state index contributed by atoms with van der Waals surface area (Å²) in [5.74, 6) is 0.456. The van der Waals surface area contributed by atoms with Crippen molar-refractivity contribution in [1.29, 1.82) is 0 Å². The molecule has 0 spiro atoms. The van der Waals surface area contributed by atoms with E-state index in [1.54, 1.807) is 10.6 Å². The number of H-pyrrole nitrogens is 1. The topological polar surface area (TPSA) is 206 Å². The van der Waals surface area contributed by atoms with Gasteiger partial charge in [0.2, 0.25) is 0 Å². The van der Waals surface area contributed by atoms with Crippen molar-refractivity contribution >= 4 is 29.0 Å². The molecular weight excluding hydrogens is 610 g/mol. The van der Waals surface area contributed by atoms with E-state index in [2.05, 4.69) is 54.3 Å². The van der Waals surface area contributed by atoms with Crippen LogP contribution in [0.3, 0.4) is 0 Å². The minimum Gasteiger partial charge on any atom is -0.463 e. The van der Waals surface area contributed by atoms with Gasteiger partial charge in [0.25, 0.3) is 5.91 Å². The van der Waals surface area contributed by atoms with Gasteiger partial charge in [0.15, 0.2) is 11.5 Å². The Kier molecular flexibility index (Phi) is 11.7. The highest BCUT2D eigenvalue weighted by Gasteiger charge is 2.20. The molecule has 1 aliphatic rings. The minimum absolute atomic E-state index is 0.160. The highest BCUT2D eigenvalue weighted by molar-refractivity contribution is 5.96. The Morgan fingerprint density at radius 1 is 1.10 bits per heavy atom. The van der Waals surface area contributed by atoms with E-state index in [9.17, 15) is 9.59 Å². The van der Waals surface area contributed by atoms with Gasteiger partial charge >= 0.3 is 11.7 Å². The molecule has 5 rings (SSSR count). The minimum atomic E-state index is -0.297. The van der Waals surface area contributed by atoms with Crippen molar-refractivity contribution in [1.82, 2.24) is 29.7 Å². The summed E-state index contributed by atoms with van der Waals surface area (Å²) in [7, 11) is 0. The van der Waals surface area contributed by atoms with Crippen LogP contribution in [0.5, 0.6) is 6.01 Å². The van der Waals surface area contributed by atoms with Gasteiger partial charge in [-0.3, -0.25) is 14.3 Å². The summed E-state index contributed by atoms with van der Waals surface area (Å²) in [5, 5.41) is 6.49. The zero-order chi connectivity index (χ0) is 33.9. The fourth-order valence-electron chi connectivity index (χ4n) is 5.74. The van der Waals surface area contributed by atoms with E-state index in [0.717, 1.165) is 68.4 Å². The van der Waals surface area contributed by atoms with Gasteiger partial charge < -0.3 is 26.5 Å². The van der Waals surface area contributed by atoms with Crippen molar-refractivity contribution in [3.8, 4) is 6.01 Å². The van der Waals surface area contributed by atoms with Gasteiger partial charge in [0, 0.05) is 18.0 Å². The number of nitrogens with zero attached hydrogens (tertiary/aromatic N) is 7. The second-order valence-corrected chi connectivity index (χ2v) is 12.1. The van der Waals surface area contributed by atoms with Gasteiger partial charge in [-0.1, -0.05) is 67.0 Å². The fourth-order valence-corrected chi connectivity index (χ4v) is 5.74. The fraction of sp³-hybridized carbons (Fsp3) is 0.412. The van der Waals surface area contributed by atoms with Crippen molar-refractivity contribution in [2.45, 2.75) is 58.7 Å². The molecule has 2 aromatic heterocycles. The van der Waals surface area contributed by atoms with Gasteiger partial charge in [-0.05, 0) is 78.6 Å². The number of aromatic nitrogens is 4. The lowest BCUT2D eigenvalue weighted by Gasteiger charge is -2.32. The van der Waals surface area contributed by atoms with Crippen LogP contribution in [-0.4, -0.2) is 56.6 Å². The molecular formula is C34H43N11O3. The number of rotatable bonds is 15. The largest absolute Gasteiger partial charge is 0.463 e. The first-order valence-corrected chi connectivity index (χ1v) is 16.4. The maximum atomic E-state index is 12.8. The normalized spacial score (nSPS) is 14.1. The van der Waals surface area contributed by atoms with E-state index < -0.39 is 0 Å². The number of anilines is 1. The Labute approximate surface area is 278 Å². The maximum absolute atomic E-state index is 12.8. The van der Waals surface area contributed by atoms with Gasteiger partial charge in [0.1, 0.15) is 5.52 Å². The number of aromatic amines is 1. The van der Waals surface area contributed by atoms with Crippen molar-refractivity contribution in [2.75, 3.05) is 32.0 Å². The Morgan fingerprint density at radius 3 is 2.48 bits per heavy atom. The number of likely N-dealkylation sites (tertiary alicyclic amines) is 1. The van der Waals surface area contributed by atoms with Crippen LogP contribution in [0.15, 0.2) is 64.1 Å². The molecule has 4 aromatic rings. The third-order valence-corrected chi connectivity index (χ3v) is 8.55. The summed E-state index contributed by atoms with van der Waals surface area (Å²) in [6, 6.07) is 15.8. The number of azide groups is 1. The standard InChI is InChI=1S/C34H43N11O3/c1-2-3-18-48-33-41-30(36)29-31(42-33)45(34(47)40-29)22-27-10-8-26(9-11-27)21-44-16-13-23(14-17-44)12-15-38-32(46)28(35)19-24-4-6-25(7-5-24)20-39-43-37/h4-11,19,23H,2-3,12-18,20-22,35H2,1H3,(H,38,46)(H,40,47)(H2,36,41,42). The molecule has 1 saturated heterocycles. The molecule has 0 saturated carbocycles. The first-order chi connectivity index (χ1) is 23.3. The Morgan fingerprint density at radius 2 is 1.79 bits per heavy atom. The van der Waals surface area contributed by atoms with E-state index in [0.29, 0.717) is 36.8 Å². The van der Waals surface area contributed by atoms with Gasteiger partial charge in [-0.25, -0.2) is 4.79 Å². The molecule has 0 radical (unpaired) electrons. The van der Waals surface area contributed by atoms with Crippen LogP contribution in [0.2, 0.25) is 0 Å². The monoisotopic (exact) mass is 653 g/mol. The van der Waals surface area contributed by atoms with Crippen molar-refractivity contribution in [2.24, 2.45) is 16.8 Å². The first kappa shape index (κ1) is 34.0. The predicted octanol–water partition coefficient (Wildman–Crippen LogP) is 4.46. The van der Waals surface area contributed by atoms with Crippen LogP contribution < -0.4 is 27.2 Å². The number of piperidine rings is 1. The van der Waals surface area contributed by atoms with Crippen molar-refractivity contribution in [3.05, 3.63) is 97.4 Å². The van der Waals surface area contributed by atoms with E-state index in [1.165, 1.54) is 5.56 Å². The molecule has 2 aromatic carbocycles. The Balaban J connectivity index is 1.06. The van der Waals surface area contributed by atoms with Crippen molar-refractivity contribution in [3.63, 3.8) is 0 Å². The third kappa shape index (κ3) is 9.14. The zero-order valence-corrected chi connectivity index (χ0v) is 27.3. The number of amides is 1. The van der Waals surface area contributed by atoms with Crippen LogP contribution in [0.25, 0.3) is 27.7 Å². The second kappa shape index (κ2) is 16.5. The third-order valence-electron chi connectivity index (χ3n) is 8.55. The highest BCUT2D eigenvalue weighted by atomic mass is 16.5. The van der Waals surface area contributed by atoms with Gasteiger partial charge in [-0.15, -0.1) is 0 Å². The molecule has 0 atom stereocenters. The van der Waals surface area contributed by atoms with Gasteiger partial charge in [-0.2, -0.15) is 9.97 Å². The SMILES string of the molecule is CCCCOc1nc(N)c2[nH]c(=O)n(Cc3ccc(CN4CCC(CCNC(=O)C(N)=Cc5ccc(CN=[N+]=[N-])cc5)CC4)cc3)c2n1. The van der Waals surface area contributed by atoms with E-state index in [-0.39, 0.29) is 35.7 Å². The molecule has 1 fully saturated rings. The predicted molar refractivity (Wildman–Crippen MR) is 186 cm³/mol. The number of fused-ring (bicyclic) bond motifs is 1. The summed E-state index contributed by atoms with van der Waals surface area (Å²) >= 11 is 0. The number of nitrogen functional groups attached to an aromatic ring is 1. The number of carbonyl (C=O) groups excluding carboxylic acids is 1. The molecule has 0 bridgehead atoms. The molecule has 252 valence electrons. The van der Waals surface area contributed by atoms with Crippen LogP contribution in [0.1, 0.15) is 61.3 Å². The van der Waals surface area contributed by atoms with Crippen LogP contribution in [0, 0.1) is 5.92 Å². The molecule has 1 amide bonds. The number of unbranched alkanes of at least 4 members (excludes halogenated alkanes) is 1. The van der Waals surface area contributed by atoms with E-state index >= 15 is 0 Å². The molecule has 48 heavy (non-hydrogen) atoms. The average Bonchev–Trinajstić information content (AvgIpc) is 3.41. The maximum Gasteiger partial charge on any atom is 0.328 e. The van der Waals surface area contributed by atoms with Crippen molar-refractivity contribution < 1.29 is 9.53 Å². The lowest BCUT2D eigenvalue weighted by molar-refractivity contribution is -0.117. The number of hydrogen-bond donors (Lipinski definition) is 4. The summed E-state index contributed by atoms with van der Waals surface area (Å²) < 4.78 is 7.20. The number of benzene rings is 2. The zero-order valence-electron chi connectivity index (χ0n) is 27.3. The lowest BCUT2D eigenvalue weighted by Crippen LogP contribution is -2.35. The average molecular weight is 654 g/mol. The van der Waals surface area contributed by atoms with Crippen LogP contribution in [-0.2, 0) is 24.4 Å². The molecule has 14 nitrogen and oxygen atoms in total. The molecule has 14 heteroatoms. The van der Waals surface area contributed by atoms with Crippen LogP contribution >= 0.6 is 0 Å². The number of nitrogens with one attached hydrogen (secondary N) is 2. The molecule has 1 aliphatic heterocycles. The first-order valence-electron chi connectivity index (χ1n) is 16.4. The van der Waals surface area contributed by atoms with E-state index in [1.807, 2.05) is 36.4 Å². The quantitative estimate of drug-likeness (QED) is 0.0473. The highest BCUT2D eigenvalue weighted by Crippen LogP contribution is 2.23. The lowest BCUT2D eigenvalue weighted by atomic mass is 9.93. The number of ether oxygens (including phenoxy) is 1. The number of hydrogen-bond acceptors (Lipinski definition) is 9. The summed E-state index contributed by atoms with van der Waals surface area (Å²) in [6.07, 6.45) is 6.55. The second-order valence-electron chi connectivity index (χ2n) is 12.1. The molecule has 6 N–H and O–H groups in total. The summed E-state index contributed by atoms with van der Waals surface area (Å²) in [4.78, 5) is 41.9. The van der Waals surface area contributed by atoms with E-state index in [4.69, 9.17) is 21.7 Å². The Bertz CT molecular complexity index is 1820. The molecule has 0 unspecified atom stereocenters. The Hall–Kier alpha value is -5.33. The smallest absolute Gasteiger partial charge is 0.328 e. The molecule has 0 aliphatic carbocycles. The summed E-state index contributed by atoms with van der Waals surface area (Å²) in [5.41, 5.74) is 25.1. The number of nitrogens with two attached hydrogens (primary N) is 2. The van der Waals surface area contributed by atoms with Crippen LogP contribution in [0.4, 0.5) is 5.82 Å². The molecule has 3 heterocycles.